The van der Waals surface area contributed by atoms with E-state index in [4.69, 9.17) is 4.74 Å². The van der Waals surface area contributed by atoms with Crippen LogP contribution >= 0.6 is 0 Å². The minimum absolute atomic E-state index is 0.00518. The Morgan fingerprint density at radius 1 is 1.31 bits per heavy atom. The number of nitrogens with zero attached hydrogens (tertiary/aromatic N) is 2. The first-order chi connectivity index (χ1) is 12.6. The molecular formula is C20H32N4O2. The predicted octanol–water partition coefficient (Wildman–Crippen LogP) is 1.59. The molecule has 26 heavy (non-hydrogen) atoms. The van der Waals surface area contributed by atoms with Crippen molar-refractivity contribution in [3.05, 3.63) is 35.4 Å². The standard InChI is InChI=1S/C20H32N4O2/c1-4-26-13-7-12-21-20(22-15-19(25)24(2)3)23-18-11-10-16-8-5-6-9-17(16)14-18/h5-6,8-9,18H,4,7,10-15H2,1-3H3,(H2,21,22,23). The van der Waals surface area contributed by atoms with Crippen LogP contribution in [0.15, 0.2) is 29.3 Å². The first kappa shape index (κ1) is 20.2. The van der Waals surface area contributed by atoms with Gasteiger partial charge in [0.15, 0.2) is 5.96 Å². The lowest BCUT2D eigenvalue weighted by molar-refractivity contribution is -0.127. The molecule has 1 atom stereocenters. The maximum Gasteiger partial charge on any atom is 0.243 e. The summed E-state index contributed by atoms with van der Waals surface area (Å²) in [4.78, 5) is 17.9. The Hall–Kier alpha value is -2.08. The Kier molecular flexibility index (Phi) is 8.41. The molecule has 1 aliphatic carbocycles. The lowest BCUT2D eigenvalue weighted by atomic mass is 9.88. The van der Waals surface area contributed by atoms with E-state index in [1.807, 2.05) is 6.92 Å². The van der Waals surface area contributed by atoms with Crippen molar-refractivity contribution in [1.29, 1.82) is 0 Å². The van der Waals surface area contributed by atoms with Gasteiger partial charge in [-0.25, -0.2) is 4.99 Å². The summed E-state index contributed by atoms with van der Waals surface area (Å²) in [5.74, 6) is 0.704. The van der Waals surface area contributed by atoms with Crippen LogP contribution in [0.2, 0.25) is 0 Å². The molecule has 6 nitrogen and oxygen atoms in total. The van der Waals surface area contributed by atoms with Crippen LogP contribution in [-0.4, -0.2) is 63.2 Å². The predicted molar refractivity (Wildman–Crippen MR) is 105 cm³/mol. The Morgan fingerprint density at radius 2 is 2.08 bits per heavy atom. The molecule has 1 aliphatic rings. The van der Waals surface area contributed by atoms with E-state index in [1.54, 1.807) is 19.0 Å². The normalized spacial score (nSPS) is 16.7. The first-order valence-corrected chi connectivity index (χ1v) is 9.49. The summed E-state index contributed by atoms with van der Waals surface area (Å²) >= 11 is 0. The zero-order valence-electron chi connectivity index (χ0n) is 16.3. The van der Waals surface area contributed by atoms with Crippen LogP contribution in [0, 0.1) is 0 Å². The van der Waals surface area contributed by atoms with E-state index in [9.17, 15) is 4.79 Å². The number of guanidine groups is 1. The van der Waals surface area contributed by atoms with Crippen LogP contribution in [0.1, 0.15) is 30.9 Å². The fourth-order valence-corrected chi connectivity index (χ4v) is 2.98. The van der Waals surface area contributed by atoms with Crippen molar-refractivity contribution in [2.24, 2.45) is 4.99 Å². The molecule has 0 bridgehead atoms. The molecule has 0 fully saturated rings. The maximum atomic E-state index is 11.9. The van der Waals surface area contributed by atoms with Gasteiger partial charge in [-0.05, 0) is 43.7 Å². The van der Waals surface area contributed by atoms with Gasteiger partial charge in [-0.2, -0.15) is 0 Å². The largest absolute Gasteiger partial charge is 0.382 e. The molecule has 0 saturated carbocycles. The molecular weight excluding hydrogens is 328 g/mol. The molecule has 0 saturated heterocycles. The van der Waals surface area contributed by atoms with E-state index >= 15 is 0 Å². The number of carbonyl (C=O) groups is 1. The van der Waals surface area contributed by atoms with Gasteiger partial charge in [-0.1, -0.05) is 24.3 Å². The number of benzene rings is 1. The molecule has 0 radical (unpaired) electrons. The molecule has 144 valence electrons. The van der Waals surface area contributed by atoms with E-state index in [-0.39, 0.29) is 12.5 Å². The van der Waals surface area contributed by atoms with Crippen LogP contribution in [0.3, 0.4) is 0 Å². The SMILES string of the molecule is CCOCCCNC(=NCC(=O)N(C)C)NC1CCc2ccccc2C1. The molecule has 2 N–H and O–H groups in total. The van der Waals surface area contributed by atoms with Crippen LogP contribution in [0.4, 0.5) is 0 Å². The number of fused-ring (bicyclic) bond motifs is 1. The topological polar surface area (TPSA) is 66.0 Å². The van der Waals surface area contributed by atoms with Crippen LogP contribution in [0.5, 0.6) is 0 Å². The number of hydrogen-bond acceptors (Lipinski definition) is 3. The lowest BCUT2D eigenvalue weighted by Crippen LogP contribution is -2.46. The Balaban J connectivity index is 1.92. The average molecular weight is 361 g/mol. The van der Waals surface area contributed by atoms with Gasteiger partial charge < -0.3 is 20.3 Å². The number of hydrogen-bond donors (Lipinski definition) is 2. The third-order valence-corrected chi connectivity index (χ3v) is 4.52. The summed E-state index contributed by atoms with van der Waals surface area (Å²) in [5, 5.41) is 6.84. The lowest BCUT2D eigenvalue weighted by Gasteiger charge is -2.27. The molecule has 0 aliphatic heterocycles. The number of likely N-dealkylation sites (N-methyl/N-ethyl adjacent to an activating group) is 1. The molecule has 0 heterocycles. The quantitative estimate of drug-likeness (QED) is 0.420. The summed E-state index contributed by atoms with van der Waals surface area (Å²) in [7, 11) is 3.50. The van der Waals surface area contributed by atoms with E-state index in [0.717, 1.165) is 45.4 Å². The molecule has 2 rings (SSSR count). The number of nitrogens with one attached hydrogen (secondary N) is 2. The first-order valence-electron chi connectivity index (χ1n) is 9.49. The zero-order valence-corrected chi connectivity index (χ0v) is 16.3. The molecule has 1 aromatic carbocycles. The zero-order chi connectivity index (χ0) is 18.8. The van der Waals surface area contributed by atoms with Crippen molar-refractivity contribution in [3.63, 3.8) is 0 Å². The third kappa shape index (κ3) is 6.67. The average Bonchev–Trinajstić information content (AvgIpc) is 2.65. The number of aliphatic imine (C=N–C) groups is 1. The van der Waals surface area contributed by atoms with Gasteiger partial charge in [0.1, 0.15) is 6.54 Å². The Morgan fingerprint density at radius 3 is 2.81 bits per heavy atom. The highest BCUT2D eigenvalue weighted by Crippen LogP contribution is 2.20. The van der Waals surface area contributed by atoms with E-state index in [0.29, 0.717) is 12.0 Å². The van der Waals surface area contributed by atoms with E-state index in [1.165, 1.54) is 11.1 Å². The van der Waals surface area contributed by atoms with Gasteiger partial charge in [-0.15, -0.1) is 0 Å². The molecule has 0 aromatic heterocycles. The Labute approximate surface area is 157 Å². The second-order valence-corrected chi connectivity index (χ2v) is 6.78. The fourth-order valence-electron chi connectivity index (χ4n) is 2.98. The Bertz CT molecular complexity index is 601. The van der Waals surface area contributed by atoms with Crippen molar-refractivity contribution in [3.8, 4) is 0 Å². The van der Waals surface area contributed by atoms with Crippen molar-refractivity contribution in [2.75, 3.05) is 40.4 Å². The third-order valence-electron chi connectivity index (χ3n) is 4.52. The second-order valence-electron chi connectivity index (χ2n) is 6.78. The number of aryl methyl sites for hydroxylation is 1. The van der Waals surface area contributed by atoms with Crippen molar-refractivity contribution < 1.29 is 9.53 Å². The molecule has 0 spiro atoms. The summed E-state index contributed by atoms with van der Waals surface area (Å²) in [6, 6.07) is 8.94. The van der Waals surface area contributed by atoms with E-state index < -0.39 is 0 Å². The van der Waals surface area contributed by atoms with Gasteiger partial charge in [0, 0.05) is 39.9 Å². The van der Waals surface area contributed by atoms with Gasteiger partial charge in [0.05, 0.1) is 0 Å². The molecule has 1 unspecified atom stereocenters. The summed E-state index contributed by atoms with van der Waals surface area (Å²) in [5.41, 5.74) is 2.84. The second kappa shape index (κ2) is 10.8. The minimum Gasteiger partial charge on any atom is -0.382 e. The summed E-state index contributed by atoms with van der Waals surface area (Å²) in [6.45, 7) is 4.38. The molecule has 1 aromatic rings. The highest BCUT2D eigenvalue weighted by atomic mass is 16.5. The monoisotopic (exact) mass is 360 g/mol. The number of carbonyl (C=O) groups excluding carboxylic acids is 1. The highest BCUT2D eigenvalue weighted by molar-refractivity contribution is 5.85. The van der Waals surface area contributed by atoms with Crippen molar-refractivity contribution in [2.45, 2.75) is 38.6 Å². The van der Waals surface area contributed by atoms with Crippen LogP contribution in [0.25, 0.3) is 0 Å². The molecule has 1 amide bonds. The summed E-state index contributed by atoms with van der Waals surface area (Å²) in [6.07, 6.45) is 4.03. The van der Waals surface area contributed by atoms with Gasteiger partial charge in [-0.3, -0.25) is 4.79 Å². The van der Waals surface area contributed by atoms with Gasteiger partial charge in [0.25, 0.3) is 0 Å². The molecule has 6 heteroatoms. The minimum atomic E-state index is -0.00518. The van der Waals surface area contributed by atoms with Crippen molar-refractivity contribution in [1.82, 2.24) is 15.5 Å². The highest BCUT2D eigenvalue weighted by Gasteiger charge is 2.19. The fraction of sp³-hybridized carbons (Fsp3) is 0.600. The number of amides is 1. The van der Waals surface area contributed by atoms with Gasteiger partial charge >= 0.3 is 0 Å². The van der Waals surface area contributed by atoms with Crippen LogP contribution in [-0.2, 0) is 22.4 Å². The van der Waals surface area contributed by atoms with Gasteiger partial charge in [0.2, 0.25) is 5.91 Å². The maximum absolute atomic E-state index is 11.9. The summed E-state index contributed by atoms with van der Waals surface area (Å²) < 4.78 is 5.37. The number of ether oxygens (including phenoxy) is 1. The van der Waals surface area contributed by atoms with E-state index in [2.05, 4.69) is 39.9 Å². The van der Waals surface area contributed by atoms with Crippen molar-refractivity contribution >= 4 is 11.9 Å². The van der Waals surface area contributed by atoms with Crippen LogP contribution < -0.4 is 10.6 Å². The smallest absolute Gasteiger partial charge is 0.243 e. The number of rotatable bonds is 8.